The van der Waals surface area contributed by atoms with Crippen LogP contribution in [0, 0.1) is 0 Å². The molecule has 6 heteroatoms. The molecule has 0 spiro atoms. The molecule has 0 bridgehead atoms. The standard InChI is InChI=1S/C5H5.C2H.3Bi.2ClH.Zr.H/c1-2-4-5-3-1;1-2;;;;;;;/h1-3H,4H2;1H;;;;2*1H;;/q;;;;;;;+2;/p-2. The molecule has 0 aromatic carbocycles. The van der Waals surface area contributed by atoms with Crippen molar-refractivity contribution in [3.63, 3.8) is 0 Å². The molecule has 13 heavy (non-hydrogen) atoms. The zero-order valence-electron chi connectivity index (χ0n) is 6.67. The number of hydrogen-bond donors (Lipinski definition) is 0. The summed E-state index contributed by atoms with van der Waals surface area (Å²) in [5, 5.41) is 0. The Morgan fingerprint density at radius 1 is 1.38 bits per heavy atom. The van der Waals surface area contributed by atoms with Gasteiger partial charge in [0.15, 0.2) is 0 Å². The zero-order chi connectivity index (χ0) is 7.52. The van der Waals surface area contributed by atoms with Gasteiger partial charge in [-0.1, -0.05) is 0 Å². The summed E-state index contributed by atoms with van der Waals surface area (Å²) in [5.74, 6) is 0. The van der Waals surface area contributed by atoms with Crippen LogP contribution < -0.4 is 24.8 Å². The van der Waals surface area contributed by atoms with Crippen molar-refractivity contribution in [2.24, 2.45) is 0 Å². The zero-order valence-corrected chi connectivity index (χ0v) is 21.5. The summed E-state index contributed by atoms with van der Waals surface area (Å²) in [4.78, 5) is 0. The normalized spacial score (nSPS) is 16.9. The van der Waals surface area contributed by atoms with Crippen molar-refractivity contribution in [3.8, 4) is 0 Å². The Morgan fingerprint density at radius 2 is 2.23 bits per heavy atom. The average Bonchev–Trinajstić information content (AvgIpc) is 2.60. The quantitative estimate of drug-likeness (QED) is 0.244. The van der Waals surface area contributed by atoms with E-state index in [1.54, 1.807) is 0 Å². The predicted molar refractivity (Wildman–Crippen MR) is 48.6 cm³/mol. The van der Waals surface area contributed by atoms with E-state index in [9.17, 15) is 0 Å². The summed E-state index contributed by atoms with van der Waals surface area (Å²) in [6.45, 7) is 0. The van der Waals surface area contributed by atoms with Crippen LogP contribution in [0.5, 0.6) is 0 Å². The minimum absolute atomic E-state index is 0. The van der Waals surface area contributed by atoms with Gasteiger partial charge >= 0.3 is 105 Å². The SMILES string of the molecule is C1=CC[C]([Zr+2][C]2=[CH][BiH][Bi]=[Bi]2)=C1.[Cl-].[Cl-]. The molecule has 0 aromatic heterocycles. The van der Waals surface area contributed by atoms with Crippen LogP contribution in [0.4, 0.5) is 0 Å². The van der Waals surface area contributed by atoms with Gasteiger partial charge in [-0.05, 0) is 0 Å². The van der Waals surface area contributed by atoms with Gasteiger partial charge in [-0.15, -0.1) is 0 Å². The molecule has 1 aliphatic heterocycles. The Hall–Kier alpha value is 3.33. The first-order chi connectivity index (χ1) is 5.45. The van der Waals surface area contributed by atoms with Crippen LogP contribution in [0.15, 0.2) is 26.3 Å². The molecular weight excluding hydrogens is 873 g/mol. The van der Waals surface area contributed by atoms with Crippen molar-refractivity contribution in [1.82, 2.24) is 0 Å². The van der Waals surface area contributed by atoms with E-state index in [0.717, 1.165) is 0 Å². The van der Waals surface area contributed by atoms with Crippen molar-refractivity contribution in [2.75, 3.05) is 0 Å². The minimum Gasteiger partial charge on any atom is -1.00 e. The molecule has 0 amide bonds. The molecule has 2 aliphatic rings. The minimum atomic E-state index is -0.0752. The molecule has 0 N–H and O–H groups in total. The van der Waals surface area contributed by atoms with E-state index in [1.165, 1.54) is 6.42 Å². The van der Waals surface area contributed by atoms with Crippen LogP contribution in [0.25, 0.3) is 0 Å². The summed E-state index contributed by atoms with van der Waals surface area (Å²) < 4.78 is 6.90. The summed E-state index contributed by atoms with van der Waals surface area (Å²) in [6.07, 6.45) is 8.35. The summed E-state index contributed by atoms with van der Waals surface area (Å²) in [6, 6.07) is 0. The van der Waals surface area contributed by atoms with Gasteiger partial charge in [0.05, 0.1) is 0 Å². The van der Waals surface area contributed by atoms with Gasteiger partial charge in [0.2, 0.25) is 0 Å². The van der Waals surface area contributed by atoms with E-state index in [-0.39, 0.29) is 84.3 Å². The second-order valence-electron chi connectivity index (χ2n) is 2.31. The van der Waals surface area contributed by atoms with E-state index in [4.69, 9.17) is 0 Å². The van der Waals surface area contributed by atoms with E-state index in [2.05, 4.69) is 23.0 Å². The molecule has 1 heterocycles. The monoisotopic (exact) mass is 878 g/mol. The largest absolute Gasteiger partial charge is 1.00 e. The number of halogens is 2. The van der Waals surface area contributed by atoms with Crippen molar-refractivity contribution in [3.05, 3.63) is 26.3 Å². The van der Waals surface area contributed by atoms with Crippen molar-refractivity contribution < 1.29 is 48.0 Å². The van der Waals surface area contributed by atoms with Gasteiger partial charge in [0.25, 0.3) is 0 Å². The van der Waals surface area contributed by atoms with Gasteiger partial charge in [-0.25, -0.2) is 0 Å². The number of rotatable bonds is 2. The van der Waals surface area contributed by atoms with E-state index < -0.39 is 0 Å². The molecule has 2 rings (SSSR count). The number of allylic oxidation sites excluding steroid dienone is 4. The predicted octanol–water partition coefficient (Wildman–Crippen LogP) is -5.59. The molecule has 0 atom stereocenters. The van der Waals surface area contributed by atoms with Crippen molar-refractivity contribution >= 4 is 49.2 Å². The molecule has 1 aliphatic carbocycles. The third kappa shape index (κ3) is 5.99. The van der Waals surface area contributed by atoms with Crippen LogP contribution in [0.2, 0.25) is 0 Å². The summed E-state index contributed by atoms with van der Waals surface area (Å²) >= 11 is 0.684. The molecule has 0 unspecified atom stereocenters. The first-order valence-corrected chi connectivity index (χ1v) is 42.1. The maximum absolute atomic E-state index is 2.85. The van der Waals surface area contributed by atoms with Gasteiger partial charge in [0.1, 0.15) is 0 Å². The van der Waals surface area contributed by atoms with Crippen LogP contribution in [0.1, 0.15) is 6.42 Å². The average molecular weight is 880 g/mol. The fraction of sp³-hybridized carbons (Fsp3) is 0.143. The maximum Gasteiger partial charge on any atom is -1.00 e. The molecule has 0 nitrogen and oxygen atoms in total. The third-order valence-corrected chi connectivity index (χ3v) is 120. The Kier molecular flexibility index (Phi) is 11.8. The maximum atomic E-state index is 2.85. The van der Waals surface area contributed by atoms with E-state index in [1.807, 2.05) is 3.28 Å². The van der Waals surface area contributed by atoms with Crippen molar-refractivity contribution in [2.45, 2.75) is 6.42 Å². The van der Waals surface area contributed by atoms with Crippen molar-refractivity contribution in [1.29, 1.82) is 0 Å². The first-order valence-electron chi connectivity index (χ1n) is 3.44. The molecule has 0 fully saturated rings. The molecule has 0 radical (unpaired) electrons. The Morgan fingerprint density at radius 3 is 2.77 bits per heavy atom. The Labute approximate surface area is 127 Å². The summed E-state index contributed by atoms with van der Waals surface area (Å²) in [7, 11) is 0. The Balaban J connectivity index is 0.000000720. The van der Waals surface area contributed by atoms with Gasteiger partial charge in [-0.2, -0.15) is 0 Å². The summed E-state index contributed by atoms with van der Waals surface area (Å²) in [5.41, 5.74) is 0. The molecule has 0 aromatic rings. The Bertz CT molecular complexity index is 283. The first kappa shape index (κ1) is 16.3. The molecule has 0 saturated heterocycles. The third-order valence-electron chi connectivity index (χ3n) is 1.48. The van der Waals surface area contributed by atoms with E-state index >= 15 is 0 Å². The van der Waals surface area contributed by atoms with Gasteiger partial charge < -0.3 is 24.8 Å². The van der Waals surface area contributed by atoms with Gasteiger partial charge in [-0.3, -0.25) is 0 Å². The second kappa shape index (κ2) is 9.37. The van der Waals surface area contributed by atoms with Crippen LogP contribution in [-0.2, 0) is 23.2 Å². The van der Waals surface area contributed by atoms with Gasteiger partial charge in [0, 0.05) is 0 Å². The van der Waals surface area contributed by atoms with Crippen LogP contribution >= 0.6 is 0 Å². The van der Waals surface area contributed by atoms with Crippen LogP contribution in [0.3, 0.4) is 0 Å². The topological polar surface area (TPSA) is 0 Å². The fourth-order valence-electron chi connectivity index (χ4n) is 0.967. The van der Waals surface area contributed by atoms with E-state index in [0.29, 0.717) is 13.0 Å². The molecule has 0 saturated carbocycles. The molecule has 68 valence electrons. The second-order valence-corrected chi connectivity index (χ2v) is 97.9. The van der Waals surface area contributed by atoms with Crippen LogP contribution in [-0.4, -0.2) is 49.2 Å². The smallest absolute Gasteiger partial charge is 1.00 e. The fourth-order valence-corrected chi connectivity index (χ4v) is 231. The number of hydrogen-bond acceptors (Lipinski definition) is 0. The molecular formula is C7H7Bi3Cl2Zr.